The Bertz CT molecular complexity index is 802. The molecule has 9 heteroatoms. The van der Waals surface area contributed by atoms with Gasteiger partial charge in [0.25, 0.3) is 0 Å². The van der Waals surface area contributed by atoms with Crippen LogP contribution in [0.1, 0.15) is 19.9 Å². The maximum atomic E-state index is 11.9. The fourth-order valence-electron chi connectivity index (χ4n) is 2.28. The lowest BCUT2D eigenvalue weighted by molar-refractivity contribution is -0.117. The van der Waals surface area contributed by atoms with Crippen LogP contribution in [0.15, 0.2) is 42.1 Å². The number of urea groups is 1. The van der Waals surface area contributed by atoms with E-state index in [4.69, 9.17) is 4.74 Å². The maximum Gasteiger partial charge on any atom is 0.321 e. The number of thioether (sulfide) groups is 1. The highest BCUT2D eigenvalue weighted by Gasteiger charge is 2.18. The topological polar surface area (TPSA) is 98.1 Å². The smallest absolute Gasteiger partial charge is 0.321 e. The van der Waals surface area contributed by atoms with Crippen molar-refractivity contribution in [2.24, 2.45) is 0 Å². The molecule has 0 aliphatic heterocycles. The number of carbonyl (C=O) groups is 2. The molecule has 8 nitrogen and oxygen atoms in total. The summed E-state index contributed by atoms with van der Waals surface area (Å²) in [6.45, 7) is 7.82. The zero-order chi connectivity index (χ0) is 19.8. The molecule has 0 spiro atoms. The Morgan fingerprint density at radius 1 is 1.30 bits per heavy atom. The highest BCUT2D eigenvalue weighted by atomic mass is 32.2. The van der Waals surface area contributed by atoms with Gasteiger partial charge in [0.05, 0.1) is 12.9 Å². The number of ether oxygens (including phenoxy) is 1. The molecular weight excluding hydrogens is 366 g/mol. The molecule has 0 aliphatic rings. The molecule has 0 unspecified atom stereocenters. The van der Waals surface area contributed by atoms with Gasteiger partial charge in [0.2, 0.25) is 5.91 Å². The van der Waals surface area contributed by atoms with E-state index >= 15 is 0 Å². The molecular formula is C18H23N5O3S. The minimum atomic E-state index is -0.551. The fraction of sp³-hybridized carbons (Fsp3) is 0.333. The van der Waals surface area contributed by atoms with Crippen molar-refractivity contribution in [1.82, 2.24) is 25.4 Å². The molecule has 1 heterocycles. The van der Waals surface area contributed by atoms with E-state index < -0.39 is 11.9 Å². The third kappa shape index (κ3) is 5.58. The summed E-state index contributed by atoms with van der Waals surface area (Å²) in [5, 5.41) is 13.8. The van der Waals surface area contributed by atoms with Crippen LogP contribution < -0.4 is 15.4 Å². The fourth-order valence-corrected chi connectivity index (χ4v) is 3.15. The molecule has 0 atom stereocenters. The minimum Gasteiger partial charge on any atom is -0.497 e. The number of aromatic nitrogens is 3. The van der Waals surface area contributed by atoms with Crippen LogP contribution in [0.2, 0.25) is 0 Å². The van der Waals surface area contributed by atoms with Crippen LogP contribution in [0.25, 0.3) is 11.4 Å². The number of rotatable bonds is 8. The first-order valence-electron chi connectivity index (χ1n) is 8.37. The molecule has 0 fully saturated rings. The summed E-state index contributed by atoms with van der Waals surface area (Å²) in [6, 6.07) is 7.08. The van der Waals surface area contributed by atoms with E-state index in [0.717, 1.165) is 11.3 Å². The Labute approximate surface area is 162 Å². The lowest BCUT2D eigenvalue weighted by atomic mass is 10.2. The molecule has 1 aromatic heterocycles. The van der Waals surface area contributed by atoms with Crippen LogP contribution in [0, 0.1) is 0 Å². The molecule has 0 aliphatic carbocycles. The van der Waals surface area contributed by atoms with E-state index in [0.29, 0.717) is 17.5 Å². The third-order valence-electron chi connectivity index (χ3n) is 3.52. The monoisotopic (exact) mass is 389 g/mol. The largest absolute Gasteiger partial charge is 0.497 e. The van der Waals surface area contributed by atoms with Crippen LogP contribution in [0.4, 0.5) is 4.79 Å². The van der Waals surface area contributed by atoms with Gasteiger partial charge in [-0.3, -0.25) is 14.7 Å². The number of benzene rings is 1. The van der Waals surface area contributed by atoms with E-state index in [1.54, 1.807) is 7.11 Å². The molecule has 27 heavy (non-hydrogen) atoms. The lowest BCUT2D eigenvalue weighted by Crippen LogP contribution is -2.40. The zero-order valence-corrected chi connectivity index (χ0v) is 16.4. The molecule has 0 bridgehead atoms. The number of amides is 3. The molecule has 0 saturated heterocycles. The summed E-state index contributed by atoms with van der Waals surface area (Å²) in [6.07, 6.45) is 1.53. The Morgan fingerprint density at radius 2 is 2.00 bits per heavy atom. The quantitative estimate of drug-likeness (QED) is 0.532. The minimum absolute atomic E-state index is 0.0506. The van der Waals surface area contributed by atoms with E-state index in [1.165, 1.54) is 17.8 Å². The number of imide groups is 1. The number of carbonyl (C=O) groups excluding carboxylic acids is 2. The molecule has 2 aromatic rings. The molecule has 0 radical (unpaired) electrons. The Balaban J connectivity index is 2.09. The molecule has 144 valence electrons. The van der Waals surface area contributed by atoms with Crippen LogP contribution in [0.5, 0.6) is 5.75 Å². The average Bonchev–Trinajstić information content (AvgIpc) is 3.09. The van der Waals surface area contributed by atoms with Gasteiger partial charge in [-0.25, -0.2) is 4.79 Å². The van der Waals surface area contributed by atoms with Crippen molar-refractivity contribution in [2.75, 3.05) is 19.4 Å². The first-order valence-corrected chi connectivity index (χ1v) is 9.35. The van der Waals surface area contributed by atoms with Crippen molar-refractivity contribution < 1.29 is 14.3 Å². The van der Waals surface area contributed by atoms with Crippen molar-refractivity contribution in [3.8, 4) is 17.1 Å². The molecule has 1 aromatic carbocycles. The average molecular weight is 389 g/mol. The van der Waals surface area contributed by atoms with E-state index in [-0.39, 0.29) is 11.8 Å². The van der Waals surface area contributed by atoms with Gasteiger partial charge in [-0.05, 0) is 38.1 Å². The molecule has 2 N–H and O–H groups in total. The number of methoxy groups -OCH3 is 1. The van der Waals surface area contributed by atoms with Gasteiger partial charge in [-0.2, -0.15) is 0 Å². The van der Waals surface area contributed by atoms with Crippen molar-refractivity contribution in [3.63, 3.8) is 0 Å². The molecule has 2 rings (SSSR count). The van der Waals surface area contributed by atoms with Gasteiger partial charge in [0, 0.05) is 18.2 Å². The van der Waals surface area contributed by atoms with Crippen molar-refractivity contribution in [2.45, 2.75) is 25.0 Å². The first-order chi connectivity index (χ1) is 13.0. The highest BCUT2D eigenvalue weighted by molar-refractivity contribution is 7.99. The predicted octanol–water partition coefficient (Wildman–Crippen LogP) is 2.64. The van der Waals surface area contributed by atoms with Gasteiger partial charge < -0.3 is 10.1 Å². The highest BCUT2D eigenvalue weighted by Crippen LogP contribution is 2.28. The van der Waals surface area contributed by atoms with Crippen molar-refractivity contribution >= 4 is 23.7 Å². The summed E-state index contributed by atoms with van der Waals surface area (Å²) in [5.41, 5.74) is 0.900. The summed E-state index contributed by atoms with van der Waals surface area (Å²) >= 11 is 1.22. The Morgan fingerprint density at radius 3 is 2.59 bits per heavy atom. The number of hydrogen-bond acceptors (Lipinski definition) is 6. The normalized spacial score (nSPS) is 10.5. The van der Waals surface area contributed by atoms with Crippen molar-refractivity contribution in [3.05, 3.63) is 36.9 Å². The lowest BCUT2D eigenvalue weighted by Gasteiger charge is -2.14. The summed E-state index contributed by atoms with van der Waals surface area (Å²) in [7, 11) is 1.61. The van der Waals surface area contributed by atoms with Gasteiger partial charge in [-0.1, -0.05) is 17.8 Å². The third-order valence-corrected chi connectivity index (χ3v) is 4.46. The number of hydrogen-bond donors (Lipinski definition) is 2. The van der Waals surface area contributed by atoms with Gasteiger partial charge in [-0.15, -0.1) is 16.8 Å². The first kappa shape index (κ1) is 20.5. The second-order valence-electron chi connectivity index (χ2n) is 5.83. The van der Waals surface area contributed by atoms with Gasteiger partial charge in [0.15, 0.2) is 11.0 Å². The van der Waals surface area contributed by atoms with E-state index in [2.05, 4.69) is 27.4 Å². The second kappa shape index (κ2) is 9.77. The Kier molecular flexibility index (Phi) is 7.42. The zero-order valence-electron chi connectivity index (χ0n) is 15.6. The van der Waals surface area contributed by atoms with Crippen LogP contribution in [0.3, 0.4) is 0 Å². The summed E-state index contributed by atoms with van der Waals surface area (Å²) in [4.78, 5) is 23.4. The standard InChI is InChI=1S/C18H23N5O3S/c1-5-10-19-17(25)20-15(24)11-27-18-22-21-16(23(18)12(2)3)13-6-8-14(26-4)9-7-13/h5-9,12H,1,10-11H2,2-4H3,(H2,19,20,24,25). The van der Waals surface area contributed by atoms with Crippen LogP contribution >= 0.6 is 11.8 Å². The predicted molar refractivity (Wildman–Crippen MR) is 105 cm³/mol. The van der Waals surface area contributed by atoms with Crippen LogP contribution in [-0.2, 0) is 4.79 Å². The maximum absolute atomic E-state index is 11.9. The van der Waals surface area contributed by atoms with Gasteiger partial charge >= 0.3 is 6.03 Å². The van der Waals surface area contributed by atoms with Crippen molar-refractivity contribution in [1.29, 1.82) is 0 Å². The SMILES string of the molecule is C=CCNC(=O)NC(=O)CSc1nnc(-c2ccc(OC)cc2)n1C(C)C. The van der Waals surface area contributed by atoms with E-state index in [9.17, 15) is 9.59 Å². The molecule has 3 amide bonds. The number of nitrogens with zero attached hydrogens (tertiary/aromatic N) is 3. The van der Waals surface area contributed by atoms with E-state index in [1.807, 2.05) is 42.7 Å². The summed E-state index contributed by atoms with van der Waals surface area (Å²) in [5.74, 6) is 1.11. The van der Waals surface area contributed by atoms with Crippen LogP contribution in [-0.4, -0.2) is 46.1 Å². The second-order valence-corrected chi connectivity index (χ2v) is 6.78. The number of nitrogens with one attached hydrogen (secondary N) is 2. The Hall–Kier alpha value is -2.81. The summed E-state index contributed by atoms with van der Waals surface area (Å²) < 4.78 is 7.14. The van der Waals surface area contributed by atoms with Gasteiger partial charge in [0.1, 0.15) is 5.75 Å². The molecule has 0 saturated carbocycles.